The summed E-state index contributed by atoms with van der Waals surface area (Å²) in [6.07, 6.45) is 8.22. The predicted octanol–water partition coefficient (Wildman–Crippen LogP) is 3.36. The van der Waals surface area contributed by atoms with Crippen molar-refractivity contribution >= 4 is 0 Å². The monoisotopic (exact) mass is 239 g/mol. The first-order valence-electron chi connectivity index (χ1n) is 7.40. The minimum atomic E-state index is 0.274. The Morgan fingerprint density at radius 1 is 0.824 bits per heavy atom. The van der Waals surface area contributed by atoms with E-state index in [0.29, 0.717) is 0 Å². The van der Waals surface area contributed by atoms with Gasteiger partial charge in [-0.25, -0.2) is 0 Å². The summed E-state index contributed by atoms with van der Waals surface area (Å²) in [6, 6.07) is 0.756. The van der Waals surface area contributed by atoms with Crippen LogP contribution in [0.1, 0.15) is 59.3 Å². The molecule has 0 aromatic carbocycles. The highest BCUT2D eigenvalue weighted by atomic mass is 16.5. The molecule has 1 aliphatic heterocycles. The molecule has 1 heterocycles. The number of rotatable bonds is 2. The van der Waals surface area contributed by atoms with E-state index in [1.807, 2.05) is 0 Å². The zero-order chi connectivity index (χ0) is 12.3. The van der Waals surface area contributed by atoms with Crippen LogP contribution in [0.5, 0.6) is 0 Å². The summed E-state index contributed by atoms with van der Waals surface area (Å²) >= 11 is 0. The maximum atomic E-state index is 5.47. The fourth-order valence-electron chi connectivity index (χ4n) is 3.53. The van der Waals surface area contributed by atoms with Gasteiger partial charge in [0.05, 0.1) is 0 Å². The predicted molar refractivity (Wildman–Crippen MR) is 72.2 cm³/mol. The van der Waals surface area contributed by atoms with E-state index in [0.717, 1.165) is 31.1 Å². The summed E-state index contributed by atoms with van der Waals surface area (Å²) in [5, 5.41) is 3.76. The van der Waals surface area contributed by atoms with E-state index in [1.165, 1.54) is 38.5 Å². The minimum Gasteiger partial charge on any atom is -0.381 e. The molecule has 1 N–H and O–H groups in total. The molecule has 0 spiro atoms. The van der Waals surface area contributed by atoms with Crippen molar-refractivity contribution in [1.82, 2.24) is 5.32 Å². The van der Waals surface area contributed by atoms with Crippen molar-refractivity contribution in [2.75, 3.05) is 13.2 Å². The molecule has 0 radical (unpaired) electrons. The van der Waals surface area contributed by atoms with E-state index >= 15 is 0 Å². The average molecular weight is 239 g/mol. The van der Waals surface area contributed by atoms with Gasteiger partial charge in [-0.2, -0.15) is 0 Å². The molecule has 2 fully saturated rings. The van der Waals surface area contributed by atoms with Crippen LogP contribution in [0.4, 0.5) is 0 Å². The van der Waals surface area contributed by atoms with Gasteiger partial charge in [0, 0.05) is 24.8 Å². The third-order valence-electron chi connectivity index (χ3n) is 4.34. The first-order valence-corrected chi connectivity index (χ1v) is 7.40. The van der Waals surface area contributed by atoms with Gasteiger partial charge >= 0.3 is 0 Å². The molecule has 2 rings (SSSR count). The Kier molecular flexibility index (Phi) is 4.48. The second-order valence-electron chi connectivity index (χ2n) is 6.96. The molecule has 1 saturated heterocycles. The molecule has 0 aromatic heterocycles. The molecule has 2 heteroatoms. The van der Waals surface area contributed by atoms with Crippen molar-refractivity contribution in [2.45, 2.75) is 70.9 Å². The van der Waals surface area contributed by atoms with Gasteiger partial charge < -0.3 is 10.1 Å². The summed E-state index contributed by atoms with van der Waals surface area (Å²) in [5.74, 6) is 1.94. The van der Waals surface area contributed by atoms with Gasteiger partial charge in [-0.15, -0.1) is 0 Å². The van der Waals surface area contributed by atoms with Crippen molar-refractivity contribution in [3.8, 4) is 0 Å². The molecule has 0 bridgehead atoms. The molecule has 2 nitrogen and oxygen atoms in total. The van der Waals surface area contributed by atoms with Crippen LogP contribution in [0.15, 0.2) is 0 Å². The maximum Gasteiger partial charge on any atom is 0.0468 e. The van der Waals surface area contributed by atoms with Crippen molar-refractivity contribution in [3.63, 3.8) is 0 Å². The van der Waals surface area contributed by atoms with Gasteiger partial charge in [-0.05, 0) is 71.1 Å². The summed E-state index contributed by atoms with van der Waals surface area (Å²) in [4.78, 5) is 0. The number of hydrogen-bond acceptors (Lipinski definition) is 2. The highest BCUT2D eigenvalue weighted by Crippen LogP contribution is 2.35. The lowest BCUT2D eigenvalue weighted by atomic mass is 9.75. The van der Waals surface area contributed by atoms with Crippen LogP contribution in [0.2, 0.25) is 0 Å². The molecule has 0 amide bonds. The fourth-order valence-corrected chi connectivity index (χ4v) is 3.53. The van der Waals surface area contributed by atoms with Crippen molar-refractivity contribution < 1.29 is 4.74 Å². The second kappa shape index (κ2) is 5.71. The topological polar surface area (TPSA) is 21.3 Å². The molecule has 0 atom stereocenters. The minimum absolute atomic E-state index is 0.274. The lowest BCUT2D eigenvalue weighted by molar-refractivity contribution is 0.0363. The van der Waals surface area contributed by atoms with Crippen LogP contribution in [-0.2, 0) is 4.74 Å². The highest BCUT2D eigenvalue weighted by Gasteiger charge is 2.29. The van der Waals surface area contributed by atoms with Crippen LogP contribution < -0.4 is 5.32 Å². The Balaban J connectivity index is 1.73. The van der Waals surface area contributed by atoms with E-state index < -0.39 is 0 Å². The molecule has 2 aliphatic rings. The standard InChI is InChI=1S/C15H29NO/c1-15(2,3)16-14-6-4-12(5-7-14)13-8-10-17-11-9-13/h12-14,16H,4-11H2,1-3H3. The molecule has 0 aromatic rings. The molecule has 1 saturated carbocycles. The Labute approximate surface area is 107 Å². The SMILES string of the molecule is CC(C)(C)NC1CCC(C2CCOCC2)CC1. The lowest BCUT2D eigenvalue weighted by Gasteiger charge is -2.38. The van der Waals surface area contributed by atoms with Crippen molar-refractivity contribution in [3.05, 3.63) is 0 Å². The molecule has 1 aliphatic carbocycles. The quantitative estimate of drug-likeness (QED) is 0.798. The third-order valence-corrected chi connectivity index (χ3v) is 4.34. The Morgan fingerprint density at radius 3 is 1.88 bits per heavy atom. The number of nitrogens with one attached hydrogen (secondary N) is 1. The third kappa shape index (κ3) is 4.26. The van der Waals surface area contributed by atoms with Crippen LogP contribution in [0, 0.1) is 11.8 Å². The summed E-state index contributed by atoms with van der Waals surface area (Å²) in [7, 11) is 0. The molecular weight excluding hydrogens is 210 g/mol. The van der Waals surface area contributed by atoms with Gasteiger partial charge in [0.2, 0.25) is 0 Å². The largest absolute Gasteiger partial charge is 0.381 e. The summed E-state index contributed by atoms with van der Waals surface area (Å²) in [5.41, 5.74) is 0.274. The fraction of sp³-hybridized carbons (Fsp3) is 1.00. The first kappa shape index (κ1) is 13.4. The van der Waals surface area contributed by atoms with Crippen molar-refractivity contribution in [2.24, 2.45) is 11.8 Å². The van der Waals surface area contributed by atoms with E-state index in [2.05, 4.69) is 26.1 Å². The Bertz CT molecular complexity index is 220. The van der Waals surface area contributed by atoms with Gasteiger partial charge in [0.25, 0.3) is 0 Å². The molecule has 100 valence electrons. The maximum absolute atomic E-state index is 5.47. The van der Waals surface area contributed by atoms with E-state index in [1.54, 1.807) is 0 Å². The number of ether oxygens (including phenoxy) is 1. The molecule has 0 unspecified atom stereocenters. The van der Waals surface area contributed by atoms with E-state index in [9.17, 15) is 0 Å². The molecule has 17 heavy (non-hydrogen) atoms. The van der Waals surface area contributed by atoms with Gasteiger partial charge in [0.15, 0.2) is 0 Å². The van der Waals surface area contributed by atoms with Crippen LogP contribution in [-0.4, -0.2) is 24.8 Å². The Morgan fingerprint density at radius 2 is 1.35 bits per heavy atom. The lowest BCUT2D eigenvalue weighted by Crippen LogP contribution is -2.45. The Hall–Kier alpha value is -0.0800. The zero-order valence-corrected chi connectivity index (χ0v) is 11.8. The second-order valence-corrected chi connectivity index (χ2v) is 6.96. The van der Waals surface area contributed by atoms with Crippen molar-refractivity contribution in [1.29, 1.82) is 0 Å². The van der Waals surface area contributed by atoms with Crippen LogP contribution in [0.25, 0.3) is 0 Å². The molecular formula is C15H29NO. The van der Waals surface area contributed by atoms with Gasteiger partial charge in [-0.3, -0.25) is 0 Å². The highest BCUT2D eigenvalue weighted by molar-refractivity contribution is 4.85. The summed E-state index contributed by atoms with van der Waals surface area (Å²) < 4.78 is 5.47. The summed E-state index contributed by atoms with van der Waals surface area (Å²) in [6.45, 7) is 8.84. The van der Waals surface area contributed by atoms with Gasteiger partial charge in [0.1, 0.15) is 0 Å². The van der Waals surface area contributed by atoms with Crippen LogP contribution in [0.3, 0.4) is 0 Å². The average Bonchev–Trinajstić information content (AvgIpc) is 2.29. The zero-order valence-electron chi connectivity index (χ0n) is 11.8. The van der Waals surface area contributed by atoms with Crippen LogP contribution >= 0.6 is 0 Å². The van der Waals surface area contributed by atoms with E-state index in [4.69, 9.17) is 4.74 Å². The van der Waals surface area contributed by atoms with E-state index in [-0.39, 0.29) is 5.54 Å². The normalized spacial score (nSPS) is 32.6. The smallest absolute Gasteiger partial charge is 0.0468 e. The first-order chi connectivity index (χ1) is 8.04. The van der Waals surface area contributed by atoms with Gasteiger partial charge in [-0.1, -0.05) is 0 Å². The number of hydrogen-bond donors (Lipinski definition) is 1.